The first-order valence-electron chi connectivity index (χ1n) is 8.73. The van der Waals surface area contributed by atoms with E-state index in [1.54, 1.807) is 18.7 Å². The molecular weight excluding hydrogens is 396 g/mol. The van der Waals surface area contributed by atoms with E-state index in [4.69, 9.17) is 0 Å². The molecule has 0 aliphatic heterocycles. The molecule has 0 saturated heterocycles. The minimum Gasteiger partial charge on any atom is -0.358 e. The van der Waals surface area contributed by atoms with Gasteiger partial charge in [0, 0.05) is 13.1 Å². The lowest BCUT2D eigenvalue weighted by Crippen LogP contribution is -2.23. The number of nitrogens with zero attached hydrogens (tertiary/aromatic N) is 4. The lowest BCUT2D eigenvalue weighted by atomic mass is 10.3. The van der Waals surface area contributed by atoms with Crippen LogP contribution in [0.15, 0.2) is 39.5 Å². The number of rotatable bonds is 7. The van der Waals surface area contributed by atoms with Crippen molar-refractivity contribution in [3.63, 3.8) is 0 Å². The Morgan fingerprint density at radius 2 is 1.96 bits per heavy atom. The maximum Gasteiger partial charge on any atom is 0.295 e. The third-order valence-electron chi connectivity index (χ3n) is 3.96. The van der Waals surface area contributed by atoms with Crippen LogP contribution in [0, 0.1) is 6.92 Å². The number of nitrogens with one attached hydrogen (secondary N) is 2. The minimum atomic E-state index is -0.260. The van der Waals surface area contributed by atoms with E-state index >= 15 is 0 Å². The molecule has 8 nitrogen and oxygen atoms in total. The van der Waals surface area contributed by atoms with Gasteiger partial charge < -0.3 is 10.6 Å². The molecule has 0 unspecified atom stereocenters. The molecule has 0 aliphatic rings. The van der Waals surface area contributed by atoms with E-state index in [9.17, 15) is 9.59 Å². The van der Waals surface area contributed by atoms with Gasteiger partial charge in [-0.05, 0) is 32.9 Å². The molecule has 3 aromatic rings. The SMILES string of the molecule is Cc1c(NC(=O)CSc2nnc(NC(C)C)s2)c(=O)n(-c2ccccc2)n1C. The number of amides is 1. The summed E-state index contributed by atoms with van der Waals surface area (Å²) >= 11 is 2.69. The Labute approximate surface area is 171 Å². The molecule has 148 valence electrons. The lowest BCUT2D eigenvalue weighted by Gasteiger charge is -2.07. The second-order valence-electron chi connectivity index (χ2n) is 6.45. The van der Waals surface area contributed by atoms with Gasteiger partial charge in [-0.2, -0.15) is 0 Å². The minimum absolute atomic E-state index is 0.148. The van der Waals surface area contributed by atoms with Gasteiger partial charge in [-0.15, -0.1) is 10.2 Å². The molecule has 0 atom stereocenters. The number of anilines is 2. The van der Waals surface area contributed by atoms with E-state index < -0.39 is 0 Å². The van der Waals surface area contributed by atoms with Crippen molar-refractivity contribution in [3.05, 3.63) is 46.4 Å². The van der Waals surface area contributed by atoms with Crippen LogP contribution in [-0.4, -0.2) is 37.3 Å². The van der Waals surface area contributed by atoms with E-state index in [1.807, 2.05) is 44.2 Å². The summed E-state index contributed by atoms with van der Waals surface area (Å²) in [4.78, 5) is 25.2. The van der Waals surface area contributed by atoms with Crippen molar-refractivity contribution in [2.45, 2.75) is 31.2 Å². The number of carbonyl (C=O) groups excluding carboxylic acids is 1. The topological polar surface area (TPSA) is 93.8 Å². The smallest absolute Gasteiger partial charge is 0.295 e. The molecule has 2 heterocycles. The molecule has 1 aromatic carbocycles. The van der Waals surface area contributed by atoms with Crippen molar-refractivity contribution in [2.24, 2.45) is 7.05 Å². The Morgan fingerprint density at radius 3 is 2.64 bits per heavy atom. The summed E-state index contributed by atoms with van der Waals surface area (Å²) in [6, 6.07) is 9.58. The fraction of sp³-hybridized carbons (Fsp3) is 0.333. The van der Waals surface area contributed by atoms with E-state index in [-0.39, 0.29) is 28.9 Å². The van der Waals surface area contributed by atoms with Gasteiger partial charge in [0.15, 0.2) is 4.34 Å². The molecule has 28 heavy (non-hydrogen) atoms. The number of benzene rings is 1. The Hall–Kier alpha value is -2.59. The molecular formula is C18H22N6O2S2. The summed E-state index contributed by atoms with van der Waals surface area (Å²) in [5, 5.41) is 14.7. The van der Waals surface area contributed by atoms with Gasteiger partial charge in [-0.1, -0.05) is 41.3 Å². The van der Waals surface area contributed by atoms with Gasteiger partial charge in [0.1, 0.15) is 5.69 Å². The Balaban J connectivity index is 1.69. The van der Waals surface area contributed by atoms with Crippen molar-refractivity contribution in [2.75, 3.05) is 16.4 Å². The van der Waals surface area contributed by atoms with Crippen LogP contribution in [-0.2, 0) is 11.8 Å². The maximum absolute atomic E-state index is 12.8. The van der Waals surface area contributed by atoms with Crippen molar-refractivity contribution in [1.29, 1.82) is 0 Å². The van der Waals surface area contributed by atoms with Crippen LogP contribution in [0.2, 0.25) is 0 Å². The molecule has 0 bridgehead atoms. The van der Waals surface area contributed by atoms with Gasteiger partial charge in [-0.3, -0.25) is 14.3 Å². The third kappa shape index (κ3) is 4.45. The quantitative estimate of drug-likeness (QED) is 0.573. The number of carbonyl (C=O) groups is 1. The first-order valence-corrected chi connectivity index (χ1v) is 10.5. The first-order chi connectivity index (χ1) is 13.4. The zero-order chi connectivity index (χ0) is 20.3. The number of aromatic nitrogens is 4. The molecule has 10 heteroatoms. The van der Waals surface area contributed by atoms with Crippen molar-refractivity contribution >= 4 is 39.8 Å². The van der Waals surface area contributed by atoms with Crippen LogP contribution in [0.1, 0.15) is 19.5 Å². The molecule has 2 N–H and O–H groups in total. The van der Waals surface area contributed by atoms with Crippen LogP contribution in [0.5, 0.6) is 0 Å². The predicted molar refractivity (Wildman–Crippen MR) is 114 cm³/mol. The number of para-hydroxylation sites is 1. The second kappa shape index (κ2) is 8.61. The van der Waals surface area contributed by atoms with Crippen LogP contribution in [0.4, 0.5) is 10.8 Å². The van der Waals surface area contributed by atoms with Crippen LogP contribution in [0.25, 0.3) is 5.69 Å². The predicted octanol–water partition coefficient (Wildman–Crippen LogP) is 2.89. The molecule has 0 aliphatic carbocycles. The van der Waals surface area contributed by atoms with Crippen molar-refractivity contribution in [1.82, 2.24) is 19.6 Å². The van der Waals surface area contributed by atoms with Gasteiger partial charge in [-0.25, -0.2) is 4.68 Å². The molecule has 0 saturated carbocycles. The fourth-order valence-corrected chi connectivity index (χ4v) is 4.29. The monoisotopic (exact) mass is 418 g/mol. The van der Waals surface area contributed by atoms with E-state index in [1.165, 1.54) is 27.8 Å². The Morgan fingerprint density at radius 1 is 1.25 bits per heavy atom. The normalized spacial score (nSPS) is 11.0. The third-order valence-corrected chi connectivity index (χ3v) is 5.95. The van der Waals surface area contributed by atoms with Gasteiger partial charge in [0.05, 0.1) is 17.1 Å². The lowest BCUT2D eigenvalue weighted by molar-refractivity contribution is -0.113. The highest BCUT2D eigenvalue weighted by atomic mass is 32.2. The number of hydrogen-bond donors (Lipinski definition) is 2. The van der Waals surface area contributed by atoms with E-state index in [0.29, 0.717) is 10.0 Å². The van der Waals surface area contributed by atoms with Crippen LogP contribution < -0.4 is 16.2 Å². The van der Waals surface area contributed by atoms with Gasteiger partial charge in [0.25, 0.3) is 5.56 Å². The van der Waals surface area contributed by atoms with Gasteiger partial charge in [0.2, 0.25) is 11.0 Å². The van der Waals surface area contributed by atoms with Gasteiger partial charge >= 0.3 is 0 Å². The van der Waals surface area contributed by atoms with E-state index in [0.717, 1.165) is 10.8 Å². The Kier molecular flexibility index (Phi) is 6.20. The van der Waals surface area contributed by atoms with Crippen molar-refractivity contribution in [3.8, 4) is 5.69 Å². The zero-order valence-electron chi connectivity index (χ0n) is 16.1. The average Bonchev–Trinajstić information content (AvgIpc) is 3.18. The highest BCUT2D eigenvalue weighted by Crippen LogP contribution is 2.26. The summed E-state index contributed by atoms with van der Waals surface area (Å²) in [6.45, 7) is 5.84. The molecule has 3 rings (SSSR count). The zero-order valence-corrected chi connectivity index (χ0v) is 17.7. The average molecular weight is 419 g/mol. The maximum atomic E-state index is 12.8. The summed E-state index contributed by atoms with van der Waals surface area (Å²) in [6.07, 6.45) is 0. The standard InChI is InChI=1S/C18H22N6O2S2/c1-11(2)19-17-21-22-18(28-17)27-10-14(25)20-15-12(3)23(4)24(16(15)26)13-8-6-5-7-9-13/h5-9,11H,10H2,1-4H3,(H,19,21)(H,20,25). The van der Waals surface area contributed by atoms with Crippen molar-refractivity contribution < 1.29 is 4.79 Å². The fourth-order valence-electron chi connectivity index (χ4n) is 2.59. The Bertz CT molecular complexity index is 1020. The number of hydrogen-bond acceptors (Lipinski definition) is 7. The highest BCUT2D eigenvalue weighted by molar-refractivity contribution is 8.01. The molecule has 2 aromatic heterocycles. The highest BCUT2D eigenvalue weighted by Gasteiger charge is 2.18. The molecule has 1 amide bonds. The van der Waals surface area contributed by atoms with Crippen LogP contribution in [0.3, 0.4) is 0 Å². The molecule has 0 spiro atoms. The summed E-state index contributed by atoms with van der Waals surface area (Å²) in [7, 11) is 1.79. The van der Waals surface area contributed by atoms with Crippen LogP contribution >= 0.6 is 23.1 Å². The van der Waals surface area contributed by atoms with E-state index in [2.05, 4.69) is 20.8 Å². The molecule has 0 radical (unpaired) electrons. The largest absolute Gasteiger partial charge is 0.358 e. The summed E-state index contributed by atoms with van der Waals surface area (Å²) in [5.74, 6) is -0.111. The summed E-state index contributed by atoms with van der Waals surface area (Å²) < 4.78 is 3.96. The number of thioether (sulfide) groups is 1. The first kappa shape index (κ1) is 20.2. The second-order valence-corrected chi connectivity index (χ2v) is 8.65. The summed E-state index contributed by atoms with van der Waals surface area (Å²) in [5.41, 5.74) is 1.46. The molecule has 0 fully saturated rings.